The lowest BCUT2D eigenvalue weighted by Gasteiger charge is -2.09. The van der Waals surface area contributed by atoms with Crippen LogP contribution in [0.1, 0.15) is 5.56 Å². The summed E-state index contributed by atoms with van der Waals surface area (Å²) in [6.45, 7) is 0.332. The smallest absolute Gasteiger partial charge is 0.490 e. The van der Waals surface area contributed by atoms with Crippen molar-refractivity contribution in [1.82, 2.24) is 15.5 Å². The number of aromatic amines is 1. The van der Waals surface area contributed by atoms with E-state index in [9.17, 15) is 22.4 Å². The van der Waals surface area contributed by atoms with Crippen molar-refractivity contribution in [3.05, 3.63) is 66.2 Å². The van der Waals surface area contributed by atoms with Crippen molar-refractivity contribution in [2.75, 3.05) is 12.4 Å². The number of aliphatic carboxylic acids is 1. The number of halogens is 4. The number of nitrogens with one attached hydrogen (secondary N) is 3. The van der Waals surface area contributed by atoms with Gasteiger partial charge in [0.15, 0.2) is 0 Å². The normalized spacial score (nSPS) is 10.5. The van der Waals surface area contributed by atoms with Gasteiger partial charge in [-0.2, -0.15) is 18.3 Å². The second-order valence-electron chi connectivity index (χ2n) is 6.14. The topological polar surface area (TPSA) is 116 Å². The zero-order valence-corrected chi connectivity index (χ0v) is 16.5. The summed E-state index contributed by atoms with van der Waals surface area (Å²) in [5, 5.41) is 18.9. The lowest BCUT2D eigenvalue weighted by molar-refractivity contribution is -0.192. The summed E-state index contributed by atoms with van der Waals surface area (Å²) in [5.74, 6) is -2.48. The summed E-state index contributed by atoms with van der Waals surface area (Å²) >= 11 is 0. The molecule has 0 saturated heterocycles. The van der Waals surface area contributed by atoms with Crippen LogP contribution < -0.4 is 15.4 Å². The van der Waals surface area contributed by atoms with E-state index in [0.717, 1.165) is 11.3 Å². The standard InChI is InChI=1S/C18H17FN4O2.C2HF3O2/c1-25-15-4-2-3-12(7-15)9-20-18(24)23-14-5-6-16(17(19)8-14)13-10-21-22-11-13;3-2(4,5)1(6)7/h2-8,10-11H,9H2,1H3,(H,21,22)(H2,20,23,24);(H,6,7). The second-order valence-corrected chi connectivity index (χ2v) is 6.14. The lowest BCUT2D eigenvalue weighted by Crippen LogP contribution is -2.28. The zero-order valence-electron chi connectivity index (χ0n) is 16.5. The molecule has 1 aromatic heterocycles. The maximum absolute atomic E-state index is 14.2. The van der Waals surface area contributed by atoms with E-state index in [2.05, 4.69) is 20.8 Å². The van der Waals surface area contributed by atoms with Crippen LogP contribution in [-0.4, -0.2) is 40.6 Å². The number of methoxy groups -OCH3 is 1. The maximum Gasteiger partial charge on any atom is 0.490 e. The molecule has 0 bridgehead atoms. The number of carboxylic acids is 1. The van der Waals surface area contributed by atoms with E-state index >= 15 is 0 Å². The van der Waals surface area contributed by atoms with Gasteiger partial charge in [-0.15, -0.1) is 0 Å². The molecule has 32 heavy (non-hydrogen) atoms. The average Bonchev–Trinajstić information content (AvgIpc) is 3.27. The summed E-state index contributed by atoms with van der Waals surface area (Å²) in [7, 11) is 1.58. The molecule has 0 saturated carbocycles. The highest BCUT2D eigenvalue weighted by molar-refractivity contribution is 5.89. The number of ether oxygens (including phenoxy) is 1. The Morgan fingerprint density at radius 1 is 1.19 bits per heavy atom. The van der Waals surface area contributed by atoms with Gasteiger partial charge >= 0.3 is 18.2 Å². The minimum atomic E-state index is -5.08. The van der Waals surface area contributed by atoms with Gasteiger partial charge in [0, 0.05) is 29.6 Å². The molecule has 0 fully saturated rings. The molecule has 0 radical (unpaired) electrons. The summed E-state index contributed by atoms with van der Waals surface area (Å²) in [5.41, 5.74) is 2.33. The van der Waals surface area contributed by atoms with Gasteiger partial charge in [-0.25, -0.2) is 14.0 Å². The van der Waals surface area contributed by atoms with Crippen molar-refractivity contribution >= 4 is 17.7 Å². The van der Waals surface area contributed by atoms with Crippen LogP contribution in [0.4, 0.5) is 28.0 Å². The fourth-order valence-corrected chi connectivity index (χ4v) is 2.37. The quantitative estimate of drug-likeness (QED) is 0.432. The minimum absolute atomic E-state index is 0.332. The second kappa shape index (κ2) is 10.8. The Labute approximate surface area is 179 Å². The van der Waals surface area contributed by atoms with Gasteiger partial charge in [0.1, 0.15) is 11.6 Å². The van der Waals surface area contributed by atoms with E-state index in [4.69, 9.17) is 14.6 Å². The molecule has 0 spiro atoms. The van der Waals surface area contributed by atoms with Gasteiger partial charge < -0.3 is 20.5 Å². The number of rotatable bonds is 5. The molecule has 4 N–H and O–H groups in total. The number of nitrogens with zero attached hydrogens (tertiary/aromatic N) is 1. The number of carbonyl (C=O) groups excluding carboxylic acids is 1. The lowest BCUT2D eigenvalue weighted by atomic mass is 10.1. The van der Waals surface area contributed by atoms with Gasteiger partial charge in [0.25, 0.3) is 0 Å². The molecule has 8 nitrogen and oxygen atoms in total. The minimum Gasteiger partial charge on any atom is -0.497 e. The van der Waals surface area contributed by atoms with Gasteiger partial charge in [-0.1, -0.05) is 12.1 Å². The largest absolute Gasteiger partial charge is 0.497 e. The highest BCUT2D eigenvalue weighted by Crippen LogP contribution is 2.24. The van der Waals surface area contributed by atoms with Crippen molar-refractivity contribution in [3.8, 4) is 16.9 Å². The number of aromatic nitrogens is 2. The molecule has 0 atom stereocenters. The Morgan fingerprint density at radius 2 is 1.91 bits per heavy atom. The zero-order chi connectivity index (χ0) is 23.7. The van der Waals surface area contributed by atoms with Gasteiger partial charge in [0.2, 0.25) is 0 Å². The Bertz CT molecular complexity index is 1060. The average molecular weight is 454 g/mol. The third-order valence-electron chi connectivity index (χ3n) is 3.87. The number of hydrogen-bond acceptors (Lipinski definition) is 4. The molecule has 0 aliphatic carbocycles. The van der Waals surface area contributed by atoms with Crippen LogP contribution in [-0.2, 0) is 11.3 Å². The Morgan fingerprint density at radius 3 is 2.47 bits per heavy atom. The number of benzene rings is 2. The maximum atomic E-state index is 14.2. The summed E-state index contributed by atoms with van der Waals surface area (Å²) in [4.78, 5) is 20.9. The highest BCUT2D eigenvalue weighted by atomic mass is 19.4. The molecule has 3 rings (SSSR count). The predicted molar refractivity (Wildman–Crippen MR) is 107 cm³/mol. The third kappa shape index (κ3) is 7.31. The first-order valence-electron chi connectivity index (χ1n) is 8.86. The van der Waals surface area contributed by atoms with E-state index in [0.29, 0.717) is 23.4 Å². The van der Waals surface area contributed by atoms with Crippen LogP contribution in [0.25, 0.3) is 11.1 Å². The Hall–Kier alpha value is -4.09. The number of urea groups is 1. The molecule has 0 aliphatic rings. The molecule has 0 aliphatic heterocycles. The first-order chi connectivity index (χ1) is 15.1. The van der Waals surface area contributed by atoms with E-state index in [1.54, 1.807) is 25.4 Å². The van der Waals surface area contributed by atoms with Crippen molar-refractivity contribution in [2.24, 2.45) is 0 Å². The Balaban J connectivity index is 0.000000451. The van der Waals surface area contributed by atoms with Gasteiger partial charge in [-0.05, 0) is 35.9 Å². The number of H-pyrrole nitrogens is 1. The molecule has 3 aromatic rings. The van der Waals surface area contributed by atoms with Crippen molar-refractivity contribution in [2.45, 2.75) is 12.7 Å². The van der Waals surface area contributed by atoms with Crippen LogP contribution in [0, 0.1) is 5.82 Å². The molecule has 12 heteroatoms. The van der Waals surface area contributed by atoms with Crippen LogP contribution >= 0.6 is 0 Å². The predicted octanol–water partition coefficient (Wildman–Crippen LogP) is 4.18. The molecule has 0 unspecified atom stereocenters. The number of anilines is 1. The third-order valence-corrected chi connectivity index (χ3v) is 3.87. The van der Waals surface area contributed by atoms with Crippen LogP contribution in [0.15, 0.2) is 54.9 Å². The first kappa shape index (κ1) is 24.2. The number of hydrogen-bond donors (Lipinski definition) is 4. The fourth-order valence-electron chi connectivity index (χ4n) is 2.37. The van der Waals surface area contributed by atoms with Crippen LogP contribution in [0.3, 0.4) is 0 Å². The highest BCUT2D eigenvalue weighted by Gasteiger charge is 2.38. The number of carbonyl (C=O) groups is 2. The fraction of sp³-hybridized carbons (Fsp3) is 0.150. The van der Waals surface area contributed by atoms with Gasteiger partial charge in [-0.3, -0.25) is 5.10 Å². The van der Waals surface area contributed by atoms with E-state index in [1.807, 2.05) is 24.3 Å². The van der Waals surface area contributed by atoms with Crippen molar-refractivity contribution < 1.29 is 37.0 Å². The van der Waals surface area contributed by atoms with Crippen molar-refractivity contribution in [3.63, 3.8) is 0 Å². The van der Waals surface area contributed by atoms with Crippen molar-refractivity contribution in [1.29, 1.82) is 0 Å². The Kier molecular flexibility index (Phi) is 8.16. The molecular weight excluding hydrogens is 436 g/mol. The van der Waals surface area contributed by atoms with E-state index in [1.165, 1.54) is 12.3 Å². The SMILES string of the molecule is COc1cccc(CNC(=O)Nc2ccc(-c3cn[nH]c3)c(F)c2)c1.O=C(O)C(F)(F)F. The first-order valence-corrected chi connectivity index (χ1v) is 8.86. The number of amides is 2. The molecule has 2 amide bonds. The molecule has 2 aromatic carbocycles. The summed E-state index contributed by atoms with van der Waals surface area (Å²) in [6.07, 6.45) is -1.95. The molecule has 1 heterocycles. The number of carboxylic acid groups (broad SMARTS) is 1. The molecule has 170 valence electrons. The van der Waals surface area contributed by atoms with Gasteiger partial charge in [0.05, 0.1) is 13.3 Å². The monoisotopic (exact) mass is 454 g/mol. The summed E-state index contributed by atoms with van der Waals surface area (Å²) < 4.78 is 51.0. The number of alkyl halides is 3. The van der Waals surface area contributed by atoms with Crippen LogP contribution in [0.2, 0.25) is 0 Å². The van der Waals surface area contributed by atoms with E-state index in [-0.39, 0.29) is 0 Å². The molecular formula is C20H18F4N4O4. The van der Waals surface area contributed by atoms with E-state index < -0.39 is 24.0 Å². The van der Waals surface area contributed by atoms with Crippen LogP contribution in [0.5, 0.6) is 5.75 Å². The summed E-state index contributed by atoms with van der Waals surface area (Å²) in [6, 6.07) is 11.5.